The Kier molecular flexibility index (Phi) is 7.78. The summed E-state index contributed by atoms with van der Waals surface area (Å²) in [6.07, 6.45) is 6.54. The summed E-state index contributed by atoms with van der Waals surface area (Å²) >= 11 is 6.47. The van der Waals surface area contributed by atoms with Crippen molar-refractivity contribution in [2.24, 2.45) is 0 Å². The quantitative estimate of drug-likeness (QED) is 0.226. The molecule has 3 aromatic carbocycles. The summed E-state index contributed by atoms with van der Waals surface area (Å²) in [7, 11) is -3.08. The van der Waals surface area contributed by atoms with E-state index in [1.807, 2.05) is 47.3 Å². The van der Waals surface area contributed by atoms with Crippen LogP contribution in [-0.2, 0) is 23.0 Å². The van der Waals surface area contributed by atoms with Crippen LogP contribution in [0.4, 0.5) is 15.9 Å². The molecule has 0 aliphatic rings. The van der Waals surface area contributed by atoms with Crippen molar-refractivity contribution in [3.63, 3.8) is 0 Å². The highest BCUT2D eigenvalue weighted by Gasteiger charge is 2.10. The van der Waals surface area contributed by atoms with Gasteiger partial charge in [-0.2, -0.15) is 0 Å². The van der Waals surface area contributed by atoms with Crippen LogP contribution in [0.15, 0.2) is 85.5 Å². The van der Waals surface area contributed by atoms with Crippen molar-refractivity contribution >= 4 is 43.8 Å². The van der Waals surface area contributed by atoms with Crippen LogP contribution in [0.25, 0.3) is 16.6 Å². The van der Waals surface area contributed by atoms with Crippen LogP contribution in [0.2, 0.25) is 5.02 Å². The number of anilines is 2. The van der Waals surface area contributed by atoms with E-state index in [0.29, 0.717) is 34.4 Å². The first-order valence-electron chi connectivity index (χ1n) is 12.0. The third-order valence-electron chi connectivity index (χ3n) is 5.84. The van der Waals surface area contributed by atoms with Gasteiger partial charge in [-0.05, 0) is 65.7 Å². The standard InChI is InChI=1S/C28H25ClFN5O3S/c1-39(36,37)18-31-14-20-9-10-35(15-20)23-6-7-26-24(13-23)28(33-17-32-26)34-22-5-8-27(25(29)12-22)38-16-19-3-2-4-21(30)11-19/h2-13,15,17,31H,14,16,18H2,1H3,(H,32,33,34). The SMILES string of the molecule is CS(=O)(=O)CNCc1ccn(-c2ccc3ncnc(Nc4ccc(OCc5cccc(F)c5)c(Cl)c4)c3c2)c1. The van der Waals surface area contributed by atoms with E-state index >= 15 is 0 Å². The second-order valence-electron chi connectivity index (χ2n) is 9.04. The fourth-order valence-corrected chi connectivity index (χ4v) is 4.72. The van der Waals surface area contributed by atoms with E-state index in [9.17, 15) is 12.8 Å². The molecular formula is C28H25ClFN5O3S. The Morgan fingerprint density at radius 3 is 2.69 bits per heavy atom. The first-order chi connectivity index (χ1) is 18.7. The number of halogens is 2. The lowest BCUT2D eigenvalue weighted by molar-refractivity contribution is 0.306. The van der Waals surface area contributed by atoms with Crippen molar-refractivity contribution in [1.82, 2.24) is 19.9 Å². The minimum Gasteiger partial charge on any atom is -0.487 e. The first kappa shape index (κ1) is 26.6. The molecule has 0 aliphatic carbocycles. The Morgan fingerprint density at radius 1 is 1.03 bits per heavy atom. The smallest absolute Gasteiger partial charge is 0.160 e. The molecule has 5 rings (SSSR count). The molecule has 0 radical (unpaired) electrons. The summed E-state index contributed by atoms with van der Waals surface area (Å²) in [5.74, 6) is 0.690. The number of nitrogens with one attached hydrogen (secondary N) is 2. The lowest BCUT2D eigenvalue weighted by Gasteiger charge is -2.13. The molecule has 0 amide bonds. The molecule has 2 N–H and O–H groups in total. The third-order valence-corrected chi connectivity index (χ3v) is 6.87. The van der Waals surface area contributed by atoms with Crippen molar-refractivity contribution in [1.29, 1.82) is 0 Å². The second-order valence-corrected chi connectivity index (χ2v) is 11.6. The number of ether oxygens (including phenoxy) is 1. The molecule has 200 valence electrons. The van der Waals surface area contributed by atoms with Crippen LogP contribution < -0.4 is 15.4 Å². The predicted molar refractivity (Wildman–Crippen MR) is 151 cm³/mol. The number of benzene rings is 3. The van der Waals surface area contributed by atoms with Crippen molar-refractivity contribution in [2.75, 3.05) is 17.4 Å². The van der Waals surface area contributed by atoms with Crippen LogP contribution in [0.5, 0.6) is 5.75 Å². The molecule has 0 unspecified atom stereocenters. The van der Waals surface area contributed by atoms with Crippen molar-refractivity contribution in [3.05, 3.63) is 107 Å². The molecule has 0 atom stereocenters. The highest BCUT2D eigenvalue weighted by molar-refractivity contribution is 7.90. The summed E-state index contributed by atoms with van der Waals surface area (Å²) in [5.41, 5.74) is 4.03. The molecular weight excluding hydrogens is 541 g/mol. The number of hydrogen-bond donors (Lipinski definition) is 2. The van der Waals surface area contributed by atoms with E-state index in [0.717, 1.165) is 22.2 Å². The van der Waals surface area contributed by atoms with Crippen molar-refractivity contribution < 1.29 is 17.5 Å². The normalized spacial score (nSPS) is 11.6. The van der Waals surface area contributed by atoms with Gasteiger partial charge in [0, 0.05) is 42.0 Å². The first-order valence-corrected chi connectivity index (χ1v) is 14.4. The Labute approximate surface area is 230 Å². The van der Waals surface area contributed by atoms with Gasteiger partial charge in [-0.3, -0.25) is 5.32 Å². The molecule has 8 nitrogen and oxygen atoms in total. The Hall–Kier alpha value is -3.99. The third kappa shape index (κ3) is 6.91. The molecule has 2 aromatic heterocycles. The number of rotatable bonds is 10. The van der Waals surface area contributed by atoms with Gasteiger partial charge in [0.1, 0.15) is 30.3 Å². The van der Waals surface area contributed by atoms with Crippen LogP contribution in [-0.4, -0.2) is 35.1 Å². The highest BCUT2D eigenvalue weighted by atomic mass is 35.5. The average molecular weight is 566 g/mol. The average Bonchev–Trinajstić information content (AvgIpc) is 3.36. The topological polar surface area (TPSA) is 98.1 Å². The maximum absolute atomic E-state index is 13.4. The van der Waals surface area contributed by atoms with Gasteiger partial charge in [-0.25, -0.2) is 22.8 Å². The van der Waals surface area contributed by atoms with Gasteiger partial charge in [0.05, 0.1) is 16.4 Å². The zero-order valence-corrected chi connectivity index (χ0v) is 22.5. The van der Waals surface area contributed by atoms with Crippen LogP contribution >= 0.6 is 11.6 Å². The summed E-state index contributed by atoms with van der Waals surface area (Å²) < 4.78 is 43.9. The molecule has 0 spiro atoms. The molecule has 39 heavy (non-hydrogen) atoms. The van der Waals surface area contributed by atoms with E-state index in [-0.39, 0.29) is 18.3 Å². The molecule has 5 aromatic rings. The van der Waals surface area contributed by atoms with E-state index in [1.54, 1.807) is 24.3 Å². The van der Waals surface area contributed by atoms with Gasteiger partial charge in [0.15, 0.2) is 9.84 Å². The van der Waals surface area contributed by atoms with Gasteiger partial charge in [0.25, 0.3) is 0 Å². The molecule has 0 bridgehead atoms. The maximum Gasteiger partial charge on any atom is 0.160 e. The van der Waals surface area contributed by atoms with Gasteiger partial charge >= 0.3 is 0 Å². The van der Waals surface area contributed by atoms with E-state index in [1.165, 1.54) is 24.7 Å². The highest BCUT2D eigenvalue weighted by Crippen LogP contribution is 2.31. The minimum absolute atomic E-state index is 0.0787. The largest absolute Gasteiger partial charge is 0.487 e. The molecule has 11 heteroatoms. The van der Waals surface area contributed by atoms with Gasteiger partial charge < -0.3 is 14.6 Å². The summed E-state index contributed by atoms with van der Waals surface area (Å²) in [5, 5.41) is 7.45. The van der Waals surface area contributed by atoms with Crippen LogP contribution in [0.3, 0.4) is 0 Å². The van der Waals surface area contributed by atoms with E-state index in [4.69, 9.17) is 16.3 Å². The summed E-state index contributed by atoms with van der Waals surface area (Å²) in [4.78, 5) is 8.81. The molecule has 2 heterocycles. The number of hydrogen-bond acceptors (Lipinski definition) is 7. The Morgan fingerprint density at radius 2 is 1.90 bits per heavy atom. The molecule has 0 saturated heterocycles. The molecule has 0 saturated carbocycles. The van der Waals surface area contributed by atoms with E-state index < -0.39 is 9.84 Å². The summed E-state index contributed by atoms with van der Waals surface area (Å²) in [6, 6.07) is 19.3. The number of nitrogens with zero attached hydrogens (tertiary/aromatic N) is 3. The lowest BCUT2D eigenvalue weighted by atomic mass is 10.2. The van der Waals surface area contributed by atoms with Crippen LogP contribution in [0, 0.1) is 5.82 Å². The van der Waals surface area contributed by atoms with Gasteiger partial charge in [-0.15, -0.1) is 0 Å². The maximum atomic E-state index is 13.4. The molecule has 0 aliphatic heterocycles. The molecule has 0 fully saturated rings. The van der Waals surface area contributed by atoms with Crippen molar-refractivity contribution in [2.45, 2.75) is 13.2 Å². The number of fused-ring (bicyclic) bond motifs is 1. The fourth-order valence-electron chi connectivity index (χ4n) is 4.01. The van der Waals surface area contributed by atoms with E-state index in [2.05, 4.69) is 20.6 Å². The second kappa shape index (κ2) is 11.4. The van der Waals surface area contributed by atoms with Crippen molar-refractivity contribution in [3.8, 4) is 11.4 Å². The minimum atomic E-state index is -3.08. The Bertz CT molecular complexity index is 1740. The number of sulfone groups is 1. The lowest BCUT2D eigenvalue weighted by Crippen LogP contribution is -2.21. The zero-order valence-electron chi connectivity index (χ0n) is 20.9. The number of aromatic nitrogens is 3. The van der Waals surface area contributed by atoms with Gasteiger partial charge in [-0.1, -0.05) is 23.7 Å². The summed E-state index contributed by atoms with van der Waals surface area (Å²) in [6.45, 7) is 0.630. The van der Waals surface area contributed by atoms with Gasteiger partial charge in [0.2, 0.25) is 0 Å². The predicted octanol–water partition coefficient (Wildman–Crippen LogP) is 5.63. The monoisotopic (exact) mass is 565 g/mol. The fraction of sp³-hybridized carbons (Fsp3) is 0.143. The zero-order chi connectivity index (χ0) is 27.4. The van der Waals surface area contributed by atoms with Crippen LogP contribution in [0.1, 0.15) is 11.1 Å². The Balaban J connectivity index is 1.32.